The second-order valence-electron chi connectivity index (χ2n) is 10.7. The van der Waals surface area contributed by atoms with Crippen LogP contribution >= 0.6 is 0 Å². The van der Waals surface area contributed by atoms with Crippen LogP contribution in [0.4, 0.5) is 5.69 Å². The van der Waals surface area contributed by atoms with Gasteiger partial charge in [-0.3, -0.25) is 9.59 Å². The van der Waals surface area contributed by atoms with Crippen LogP contribution < -0.4 is 30.2 Å². The lowest BCUT2D eigenvalue weighted by atomic mass is 10.0. The zero-order valence-corrected chi connectivity index (χ0v) is 26.0. The maximum absolute atomic E-state index is 13.7. The summed E-state index contributed by atoms with van der Waals surface area (Å²) in [6.45, 7) is 5.36. The normalized spacial score (nSPS) is 12.9. The highest BCUT2D eigenvalue weighted by Gasteiger charge is 2.27. The van der Waals surface area contributed by atoms with Crippen molar-refractivity contribution in [3.8, 4) is 28.4 Å². The summed E-state index contributed by atoms with van der Waals surface area (Å²) in [4.78, 5) is 26.7. The van der Waals surface area contributed by atoms with Gasteiger partial charge in [0.2, 0.25) is 17.6 Å². The first-order valence-corrected chi connectivity index (χ1v) is 14.4. The van der Waals surface area contributed by atoms with E-state index in [2.05, 4.69) is 16.0 Å². The molecule has 2 amide bonds. The van der Waals surface area contributed by atoms with Gasteiger partial charge < -0.3 is 44.9 Å². The molecular weight excluding hydrogens is 565 g/mol. The molecule has 3 aromatic rings. The number of carbonyl (C=O) groups excluding carboxylic acids is 2. The van der Waals surface area contributed by atoms with Crippen molar-refractivity contribution in [3.63, 3.8) is 0 Å². The lowest BCUT2D eigenvalue weighted by Crippen LogP contribution is -2.53. The Morgan fingerprint density at radius 1 is 0.795 bits per heavy atom. The van der Waals surface area contributed by atoms with E-state index >= 15 is 0 Å². The third-order valence-electron chi connectivity index (χ3n) is 6.82. The fraction of sp³-hybridized carbons (Fsp3) is 0.375. The van der Waals surface area contributed by atoms with Gasteiger partial charge in [-0.1, -0.05) is 56.3 Å². The molecule has 0 unspecified atom stereocenters. The molecule has 12 heteroatoms. The topological polar surface area (TPSA) is 148 Å². The molecule has 0 saturated heterocycles. The largest absolute Gasteiger partial charge is 0.635 e. The molecule has 0 heterocycles. The second-order valence-corrected chi connectivity index (χ2v) is 10.7. The van der Waals surface area contributed by atoms with Gasteiger partial charge >= 0.3 is 7.32 Å². The molecule has 0 saturated carbocycles. The molecule has 236 valence electrons. The summed E-state index contributed by atoms with van der Waals surface area (Å²) >= 11 is 0. The Kier molecular flexibility index (Phi) is 12.9. The van der Waals surface area contributed by atoms with E-state index in [0.29, 0.717) is 29.4 Å². The Bertz CT molecular complexity index is 1340. The summed E-state index contributed by atoms with van der Waals surface area (Å²) in [5.41, 5.74) is 3.43. The molecule has 0 aliphatic heterocycles. The van der Waals surface area contributed by atoms with Crippen molar-refractivity contribution in [2.24, 2.45) is 5.92 Å². The third-order valence-corrected chi connectivity index (χ3v) is 6.82. The standard InChI is InChI=1S/C32H42BN3O8/c1-20(2)15-29(44-33(39)40)36-31(37)21(3)34-32(38)26(16-22-17-27(41-4)30(43-6)28(18-22)42-5)35-25-14-10-13-24(19-25)23-11-8-7-9-12-23/h7-14,17-21,26,29,35,39-40H,15-16H2,1-6H3,(H,34,38)(H,36,37)/t21-,26-,29+/m0/s1. The Morgan fingerprint density at radius 2 is 1.43 bits per heavy atom. The smallest absolute Gasteiger partial charge is 0.493 e. The van der Waals surface area contributed by atoms with Crippen molar-refractivity contribution in [2.45, 2.75) is 51.9 Å². The molecule has 0 fully saturated rings. The monoisotopic (exact) mass is 607 g/mol. The Labute approximate surface area is 259 Å². The number of ether oxygens (including phenoxy) is 3. The van der Waals surface area contributed by atoms with Crippen LogP contribution in [0.25, 0.3) is 11.1 Å². The highest BCUT2D eigenvalue weighted by atomic mass is 16.6. The molecule has 5 N–H and O–H groups in total. The first-order chi connectivity index (χ1) is 21.0. The number of anilines is 1. The fourth-order valence-corrected chi connectivity index (χ4v) is 4.71. The summed E-state index contributed by atoms with van der Waals surface area (Å²) in [5.74, 6) is 0.448. The van der Waals surface area contributed by atoms with Gasteiger partial charge in [0.05, 0.1) is 21.3 Å². The van der Waals surface area contributed by atoms with Gasteiger partial charge in [-0.05, 0) is 60.2 Å². The van der Waals surface area contributed by atoms with Gasteiger partial charge in [-0.15, -0.1) is 0 Å². The fourth-order valence-electron chi connectivity index (χ4n) is 4.71. The van der Waals surface area contributed by atoms with Crippen molar-refractivity contribution in [2.75, 3.05) is 26.6 Å². The summed E-state index contributed by atoms with van der Waals surface area (Å²) in [6.07, 6.45) is -0.397. The van der Waals surface area contributed by atoms with E-state index in [1.54, 1.807) is 19.1 Å². The molecule has 44 heavy (non-hydrogen) atoms. The minimum atomic E-state index is -2.05. The quantitative estimate of drug-likeness (QED) is 0.122. The first-order valence-electron chi connectivity index (χ1n) is 14.4. The van der Waals surface area contributed by atoms with E-state index in [9.17, 15) is 19.6 Å². The van der Waals surface area contributed by atoms with Crippen molar-refractivity contribution in [3.05, 3.63) is 72.3 Å². The zero-order chi connectivity index (χ0) is 32.2. The highest BCUT2D eigenvalue weighted by molar-refractivity contribution is 6.32. The molecule has 0 aromatic heterocycles. The van der Waals surface area contributed by atoms with Gasteiger partial charge in [0.1, 0.15) is 18.3 Å². The molecule has 0 aliphatic carbocycles. The number of amides is 2. The van der Waals surface area contributed by atoms with Crippen LogP contribution in [-0.2, 0) is 20.7 Å². The predicted octanol–water partition coefficient (Wildman–Crippen LogP) is 3.38. The Morgan fingerprint density at radius 3 is 2.00 bits per heavy atom. The van der Waals surface area contributed by atoms with Crippen LogP contribution in [0.1, 0.15) is 32.8 Å². The molecule has 0 bridgehead atoms. The summed E-state index contributed by atoms with van der Waals surface area (Å²) in [7, 11) is 2.50. The van der Waals surface area contributed by atoms with Crippen LogP contribution in [0.5, 0.6) is 17.2 Å². The zero-order valence-electron chi connectivity index (χ0n) is 26.0. The maximum atomic E-state index is 13.7. The van der Waals surface area contributed by atoms with Gasteiger partial charge in [0.15, 0.2) is 11.5 Å². The van der Waals surface area contributed by atoms with Gasteiger partial charge in [0, 0.05) is 12.1 Å². The van der Waals surface area contributed by atoms with Crippen LogP contribution in [0, 0.1) is 5.92 Å². The third kappa shape index (κ3) is 9.90. The number of carbonyl (C=O) groups is 2. The number of nitrogens with one attached hydrogen (secondary N) is 3. The van der Waals surface area contributed by atoms with Crippen LogP contribution in [0.3, 0.4) is 0 Å². The lowest BCUT2D eigenvalue weighted by Gasteiger charge is -2.25. The number of hydrogen-bond acceptors (Lipinski definition) is 9. The summed E-state index contributed by atoms with van der Waals surface area (Å²) < 4.78 is 21.5. The number of benzene rings is 3. The van der Waals surface area contributed by atoms with E-state index in [0.717, 1.165) is 16.7 Å². The minimum absolute atomic E-state index is 0.0997. The molecule has 3 rings (SSSR count). The lowest BCUT2D eigenvalue weighted by molar-refractivity contribution is -0.130. The molecule has 3 aromatic carbocycles. The van der Waals surface area contributed by atoms with E-state index in [1.165, 1.54) is 21.3 Å². The molecule has 3 atom stereocenters. The SMILES string of the molecule is COc1cc(C[C@H](Nc2cccc(-c3ccccc3)c2)C(=O)N[C@@H](C)C(=O)N[C@@H](CC(C)C)OB(O)O)cc(OC)c1OC. The van der Waals surface area contributed by atoms with Crippen molar-refractivity contribution in [1.29, 1.82) is 0 Å². The second kappa shape index (κ2) is 16.6. The van der Waals surface area contributed by atoms with Crippen LogP contribution in [0.2, 0.25) is 0 Å². The molecule has 0 spiro atoms. The maximum Gasteiger partial charge on any atom is 0.635 e. The van der Waals surface area contributed by atoms with E-state index in [-0.39, 0.29) is 12.3 Å². The van der Waals surface area contributed by atoms with Crippen molar-refractivity contribution < 1.29 is 38.5 Å². The number of hydrogen-bond donors (Lipinski definition) is 5. The molecular formula is C32H42BN3O8. The van der Waals surface area contributed by atoms with Crippen molar-refractivity contribution >= 4 is 24.8 Å². The summed E-state index contributed by atoms with van der Waals surface area (Å²) in [6, 6.07) is 19.3. The van der Waals surface area contributed by atoms with Crippen LogP contribution in [-0.4, -0.2) is 68.8 Å². The molecule has 0 aliphatic rings. The van der Waals surface area contributed by atoms with Gasteiger partial charge in [0.25, 0.3) is 0 Å². The Hall–Kier alpha value is -4.26. The van der Waals surface area contributed by atoms with E-state index in [1.807, 2.05) is 68.4 Å². The average molecular weight is 608 g/mol. The van der Waals surface area contributed by atoms with E-state index in [4.69, 9.17) is 18.9 Å². The van der Waals surface area contributed by atoms with Gasteiger partial charge in [-0.25, -0.2) is 0 Å². The first kappa shape index (κ1) is 34.2. The number of methoxy groups -OCH3 is 3. The van der Waals surface area contributed by atoms with E-state index < -0.39 is 37.4 Å². The van der Waals surface area contributed by atoms with Crippen molar-refractivity contribution in [1.82, 2.24) is 10.6 Å². The number of rotatable bonds is 16. The minimum Gasteiger partial charge on any atom is -0.493 e. The predicted molar refractivity (Wildman–Crippen MR) is 169 cm³/mol. The van der Waals surface area contributed by atoms with Gasteiger partial charge in [-0.2, -0.15) is 0 Å². The average Bonchev–Trinajstić information content (AvgIpc) is 2.99. The van der Waals surface area contributed by atoms with Crippen LogP contribution in [0.15, 0.2) is 66.7 Å². The highest BCUT2D eigenvalue weighted by Crippen LogP contribution is 2.38. The summed E-state index contributed by atoms with van der Waals surface area (Å²) in [5, 5.41) is 27.3. The molecule has 11 nitrogen and oxygen atoms in total. The Balaban J connectivity index is 1.88. The molecule has 0 radical (unpaired) electrons.